The molecule has 0 aromatic carbocycles. The zero-order valence-corrected chi connectivity index (χ0v) is 6.77. The molecule has 1 atom stereocenters. The van der Waals surface area contributed by atoms with Gasteiger partial charge in [-0.3, -0.25) is 0 Å². The van der Waals surface area contributed by atoms with E-state index in [-0.39, 0.29) is 6.04 Å². The molecule has 0 aliphatic heterocycles. The van der Waals surface area contributed by atoms with Crippen LogP contribution >= 0.6 is 11.3 Å². The SMILES string of the molecule is [C-]#[N+]C(C)c1scnc1C. The Morgan fingerprint density at radius 1 is 1.80 bits per heavy atom. The minimum Gasteiger partial charge on any atom is -0.308 e. The molecule has 1 unspecified atom stereocenters. The van der Waals surface area contributed by atoms with E-state index in [4.69, 9.17) is 6.57 Å². The Bertz CT molecular complexity index is 259. The van der Waals surface area contributed by atoms with Crippen molar-refractivity contribution in [2.75, 3.05) is 0 Å². The summed E-state index contributed by atoms with van der Waals surface area (Å²) >= 11 is 1.56. The lowest BCUT2D eigenvalue weighted by molar-refractivity contribution is 0.964. The topological polar surface area (TPSA) is 17.2 Å². The van der Waals surface area contributed by atoms with E-state index in [0.717, 1.165) is 10.6 Å². The summed E-state index contributed by atoms with van der Waals surface area (Å²) < 4.78 is 0. The molecule has 1 aromatic heterocycles. The summed E-state index contributed by atoms with van der Waals surface area (Å²) in [7, 11) is 0. The highest BCUT2D eigenvalue weighted by molar-refractivity contribution is 7.09. The summed E-state index contributed by atoms with van der Waals surface area (Å²) in [4.78, 5) is 8.57. The lowest BCUT2D eigenvalue weighted by Crippen LogP contribution is -1.84. The van der Waals surface area contributed by atoms with Crippen molar-refractivity contribution in [1.29, 1.82) is 0 Å². The average Bonchev–Trinajstić information content (AvgIpc) is 2.34. The van der Waals surface area contributed by atoms with Gasteiger partial charge in [0.2, 0.25) is 0 Å². The minimum atomic E-state index is -0.0208. The van der Waals surface area contributed by atoms with E-state index in [9.17, 15) is 0 Å². The van der Waals surface area contributed by atoms with Gasteiger partial charge in [0.25, 0.3) is 6.04 Å². The summed E-state index contributed by atoms with van der Waals surface area (Å²) in [5.74, 6) is 0. The van der Waals surface area contributed by atoms with Crippen LogP contribution in [0.4, 0.5) is 0 Å². The predicted molar refractivity (Wildman–Crippen MR) is 41.9 cm³/mol. The fraction of sp³-hybridized carbons (Fsp3) is 0.429. The summed E-state index contributed by atoms with van der Waals surface area (Å²) in [6, 6.07) is -0.0208. The zero-order chi connectivity index (χ0) is 7.56. The van der Waals surface area contributed by atoms with Crippen LogP contribution in [0.5, 0.6) is 0 Å². The normalized spacial score (nSPS) is 12.5. The van der Waals surface area contributed by atoms with E-state index < -0.39 is 0 Å². The molecule has 1 aromatic rings. The molecule has 52 valence electrons. The lowest BCUT2D eigenvalue weighted by atomic mass is 10.2. The molecule has 0 radical (unpaired) electrons. The molecule has 0 aliphatic rings. The van der Waals surface area contributed by atoms with Gasteiger partial charge in [-0.05, 0) is 6.92 Å². The Hall–Kier alpha value is -0.880. The van der Waals surface area contributed by atoms with Crippen LogP contribution in [0.3, 0.4) is 0 Å². The Morgan fingerprint density at radius 2 is 2.50 bits per heavy atom. The van der Waals surface area contributed by atoms with Gasteiger partial charge < -0.3 is 4.85 Å². The molecule has 10 heavy (non-hydrogen) atoms. The van der Waals surface area contributed by atoms with Crippen LogP contribution in [0, 0.1) is 13.5 Å². The maximum Gasteiger partial charge on any atom is 0.256 e. The molecule has 0 fully saturated rings. The quantitative estimate of drug-likeness (QED) is 0.565. The van der Waals surface area contributed by atoms with Gasteiger partial charge in [-0.2, -0.15) is 0 Å². The van der Waals surface area contributed by atoms with E-state index in [1.165, 1.54) is 0 Å². The molecule has 0 aliphatic carbocycles. The fourth-order valence-electron chi connectivity index (χ4n) is 0.770. The highest BCUT2D eigenvalue weighted by Gasteiger charge is 2.13. The van der Waals surface area contributed by atoms with Crippen LogP contribution in [0.25, 0.3) is 4.85 Å². The number of aromatic nitrogens is 1. The molecule has 1 rings (SSSR count). The molecule has 3 heteroatoms. The monoisotopic (exact) mass is 152 g/mol. The molecule has 0 bridgehead atoms. The van der Waals surface area contributed by atoms with Gasteiger partial charge >= 0.3 is 0 Å². The van der Waals surface area contributed by atoms with Gasteiger partial charge in [-0.25, -0.2) is 11.6 Å². The van der Waals surface area contributed by atoms with Crippen molar-refractivity contribution in [3.05, 3.63) is 27.5 Å². The summed E-state index contributed by atoms with van der Waals surface area (Å²) in [5.41, 5.74) is 2.78. The van der Waals surface area contributed by atoms with Gasteiger partial charge in [-0.15, -0.1) is 11.3 Å². The van der Waals surface area contributed by atoms with Crippen molar-refractivity contribution >= 4 is 11.3 Å². The number of rotatable bonds is 1. The maximum atomic E-state index is 6.79. The number of hydrogen-bond acceptors (Lipinski definition) is 2. The number of hydrogen-bond donors (Lipinski definition) is 0. The number of nitrogens with zero attached hydrogens (tertiary/aromatic N) is 2. The van der Waals surface area contributed by atoms with Crippen LogP contribution in [0.2, 0.25) is 0 Å². The van der Waals surface area contributed by atoms with Crippen molar-refractivity contribution < 1.29 is 0 Å². The molecule has 0 saturated heterocycles. The second kappa shape index (κ2) is 2.80. The van der Waals surface area contributed by atoms with E-state index in [1.54, 1.807) is 16.8 Å². The second-order valence-electron chi connectivity index (χ2n) is 2.11. The highest BCUT2D eigenvalue weighted by Crippen LogP contribution is 2.23. The number of thiazole rings is 1. The van der Waals surface area contributed by atoms with Gasteiger partial charge in [0.05, 0.1) is 11.2 Å². The smallest absolute Gasteiger partial charge is 0.256 e. The minimum absolute atomic E-state index is 0.0208. The second-order valence-corrected chi connectivity index (χ2v) is 2.99. The molecular weight excluding hydrogens is 144 g/mol. The Morgan fingerprint density at radius 3 is 2.90 bits per heavy atom. The van der Waals surface area contributed by atoms with E-state index in [1.807, 2.05) is 13.8 Å². The van der Waals surface area contributed by atoms with Crippen molar-refractivity contribution in [1.82, 2.24) is 4.98 Å². The van der Waals surface area contributed by atoms with Crippen LogP contribution in [-0.4, -0.2) is 4.98 Å². The third kappa shape index (κ3) is 1.17. The van der Waals surface area contributed by atoms with Crippen molar-refractivity contribution in [3.8, 4) is 0 Å². The van der Waals surface area contributed by atoms with Gasteiger partial charge in [0, 0.05) is 6.92 Å². The molecule has 2 nitrogen and oxygen atoms in total. The van der Waals surface area contributed by atoms with Crippen molar-refractivity contribution in [3.63, 3.8) is 0 Å². The van der Waals surface area contributed by atoms with Crippen LogP contribution < -0.4 is 0 Å². The fourth-order valence-corrected chi connectivity index (χ4v) is 1.57. The third-order valence-corrected chi connectivity index (χ3v) is 2.46. The first-order chi connectivity index (χ1) is 4.75. The van der Waals surface area contributed by atoms with Gasteiger partial charge in [0.1, 0.15) is 4.88 Å². The molecule has 0 spiro atoms. The van der Waals surface area contributed by atoms with Crippen LogP contribution in [0.15, 0.2) is 5.51 Å². The summed E-state index contributed by atoms with van der Waals surface area (Å²) in [6.45, 7) is 10.6. The first-order valence-corrected chi connectivity index (χ1v) is 3.90. The molecule has 1 heterocycles. The molecule has 0 saturated carbocycles. The average molecular weight is 152 g/mol. The first-order valence-electron chi connectivity index (χ1n) is 3.02. The van der Waals surface area contributed by atoms with Crippen LogP contribution in [0.1, 0.15) is 23.5 Å². The lowest BCUT2D eigenvalue weighted by Gasteiger charge is -1.93. The molecule has 0 amide bonds. The van der Waals surface area contributed by atoms with Gasteiger partial charge in [-0.1, -0.05) is 0 Å². The van der Waals surface area contributed by atoms with Crippen LogP contribution in [-0.2, 0) is 0 Å². The Kier molecular flexibility index (Phi) is 2.03. The Balaban J connectivity index is 2.96. The highest BCUT2D eigenvalue weighted by atomic mass is 32.1. The van der Waals surface area contributed by atoms with E-state index in [2.05, 4.69) is 9.83 Å². The predicted octanol–water partition coefficient (Wildman–Crippen LogP) is 2.43. The van der Waals surface area contributed by atoms with Crippen molar-refractivity contribution in [2.24, 2.45) is 0 Å². The molecular formula is C7H8N2S. The zero-order valence-electron chi connectivity index (χ0n) is 5.96. The standard InChI is InChI=1S/C7H8N2S/c1-5(8-3)7-6(2)9-4-10-7/h4-5H,1-2H3. The first kappa shape index (κ1) is 7.23. The summed E-state index contributed by atoms with van der Waals surface area (Å²) in [5, 5.41) is 0. The number of aryl methyl sites for hydroxylation is 1. The Labute approximate surface area is 64.4 Å². The van der Waals surface area contributed by atoms with E-state index >= 15 is 0 Å². The summed E-state index contributed by atoms with van der Waals surface area (Å²) in [6.07, 6.45) is 0. The van der Waals surface area contributed by atoms with E-state index in [0.29, 0.717) is 0 Å². The largest absolute Gasteiger partial charge is 0.308 e. The van der Waals surface area contributed by atoms with Gasteiger partial charge in [0.15, 0.2) is 0 Å². The third-order valence-electron chi connectivity index (χ3n) is 1.36. The maximum absolute atomic E-state index is 6.79. The van der Waals surface area contributed by atoms with Crippen molar-refractivity contribution in [2.45, 2.75) is 19.9 Å². The molecule has 0 N–H and O–H groups in total.